The molecule has 0 radical (unpaired) electrons. The Kier molecular flexibility index (Phi) is 7.25. The number of hydrogen-bond acceptors (Lipinski definition) is 5. The summed E-state index contributed by atoms with van der Waals surface area (Å²) < 4.78 is 41.4. The monoisotopic (exact) mass is 541 g/mol. The van der Waals surface area contributed by atoms with Gasteiger partial charge >= 0.3 is 0 Å². The molecule has 0 aliphatic heterocycles. The van der Waals surface area contributed by atoms with Crippen LogP contribution in [-0.4, -0.2) is 40.6 Å². The highest BCUT2D eigenvalue weighted by atomic mass is 32.2. The number of fused-ring (bicyclic) bond motifs is 1. The van der Waals surface area contributed by atoms with Gasteiger partial charge in [0.15, 0.2) is 9.84 Å². The van der Waals surface area contributed by atoms with E-state index in [1.165, 1.54) is 47.1 Å². The zero-order chi connectivity index (χ0) is 27.4. The lowest BCUT2D eigenvalue weighted by atomic mass is 10.1. The van der Waals surface area contributed by atoms with Crippen LogP contribution in [0.2, 0.25) is 0 Å². The fourth-order valence-electron chi connectivity index (χ4n) is 4.16. The largest absolute Gasteiger partial charge is 0.361 e. The van der Waals surface area contributed by atoms with Crippen LogP contribution < -0.4 is 5.32 Å². The number of nitrogens with zero attached hydrogens (tertiary/aromatic N) is 3. The predicted molar refractivity (Wildman–Crippen MR) is 145 cm³/mol. The molecule has 0 atom stereocenters. The average Bonchev–Trinajstić information content (AvgIpc) is 3.53. The number of halogens is 1. The Hall–Kier alpha value is -4.75. The molecule has 10 heteroatoms. The molecule has 3 aromatic heterocycles. The van der Waals surface area contributed by atoms with E-state index < -0.39 is 15.7 Å². The molecule has 0 saturated carbocycles. The SMILES string of the molecule is Cn1ccc(CS(=O)(=O)c2ccc(C(=O)NCCc3c[nH]c4ccncc34)cc2C#Cc2ccc(F)cc2)n1. The zero-order valence-corrected chi connectivity index (χ0v) is 21.8. The topological polar surface area (TPSA) is 110 Å². The minimum absolute atomic E-state index is 0.00870. The van der Waals surface area contributed by atoms with Crippen LogP contribution >= 0.6 is 0 Å². The van der Waals surface area contributed by atoms with E-state index >= 15 is 0 Å². The van der Waals surface area contributed by atoms with E-state index in [4.69, 9.17) is 0 Å². The van der Waals surface area contributed by atoms with Crippen LogP contribution in [0.5, 0.6) is 0 Å². The normalized spacial score (nSPS) is 11.2. The van der Waals surface area contributed by atoms with Crippen LogP contribution in [0.25, 0.3) is 10.9 Å². The van der Waals surface area contributed by atoms with Crippen molar-refractivity contribution < 1.29 is 17.6 Å². The Balaban J connectivity index is 1.40. The third kappa shape index (κ3) is 6.05. The number of aryl methyl sites for hydroxylation is 1. The number of carbonyl (C=O) groups is 1. The van der Waals surface area contributed by atoms with Gasteiger partial charge in [0, 0.05) is 66.0 Å². The van der Waals surface area contributed by atoms with Gasteiger partial charge in [0.05, 0.1) is 16.3 Å². The van der Waals surface area contributed by atoms with Gasteiger partial charge in [-0.15, -0.1) is 0 Å². The molecular formula is C29H24FN5O3S. The van der Waals surface area contributed by atoms with Gasteiger partial charge in [0.25, 0.3) is 5.91 Å². The predicted octanol–water partition coefficient (Wildman–Crippen LogP) is 3.78. The number of amides is 1. The lowest BCUT2D eigenvalue weighted by molar-refractivity contribution is 0.0954. The van der Waals surface area contributed by atoms with Crippen molar-refractivity contribution in [1.82, 2.24) is 25.1 Å². The number of aromatic nitrogens is 4. The van der Waals surface area contributed by atoms with Crippen LogP contribution in [0.3, 0.4) is 0 Å². The second-order valence-corrected chi connectivity index (χ2v) is 10.9. The van der Waals surface area contributed by atoms with Gasteiger partial charge in [0.2, 0.25) is 0 Å². The van der Waals surface area contributed by atoms with Crippen molar-refractivity contribution in [2.24, 2.45) is 7.05 Å². The summed E-state index contributed by atoms with van der Waals surface area (Å²) in [5.41, 5.74) is 3.34. The number of rotatable bonds is 7. The van der Waals surface area contributed by atoms with Gasteiger partial charge in [-0.1, -0.05) is 11.8 Å². The first-order chi connectivity index (χ1) is 18.8. The highest BCUT2D eigenvalue weighted by Crippen LogP contribution is 2.22. The third-order valence-corrected chi connectivity index (χ3v) is 7.82. The molecule has 5 rings (SSSR count). The van der Waals surface area contributed by atoms with Crippen LogP contribution in [0.15, 0.2) is 84.3 Å². The summed E-state index contributed by atoms with van der Waals surface area (Å²) in [6.45, 7) is 0.372. The van der Waals surface area contributed by atoms with Gasteiger partial charge in [-0.2, -0.15) is 5.10 Å². The first kappa shape index (κ1) is 25.9. The Morgan fingerprint density at radius 1 is 1.10 bits per heavy atom. The van der Waals surface area contributed by atoms with E-state index in [9.17, 15) is 17.6 Å². The molecule has 196 valence electrons. The Bertz CT molecular complexity index is 1830. The summed E-state index contributed by atoms with van der Waals surface area (Å²) in [5.74, 6) is 4.67. The molecule has 0 bridgehead atoms. The van der Waals surface area contributed by atoms with Gasteiger partial charge < -0.3 is 10.3 Å². The number of aromatic amines is 1. The average molecular weight is 542 g/mol. The number of pyridine rings is 1. The molecule has 0 spiro atoms. The number of benzene rings is 2. The van der Waals surface area contributed by atoms with Crippen molar-refractivity contribution in [3.8, 4) is 11.8 Å². The quantitative estimate of drug-likeness (QED) is 0.305. The maximum absolute atomic E-state index is 13.3. The molecule has 0 aliphatic carbocycles. The van der Waals surface area contributed by atoms with Gasteiger partial charge in [-0.25, -0.2) is 12.8 Å². The first-order valence-corrected chi connectivity index (χ1v) is 13.7. The summed E-state index contributed by atoms with van der Waals surface area (Å²) in [4.78, 5) is 20.3. The molecule has 39 heavy (non-hydrogen) atoms. The van der Waals surface area contributed by atoms with Crippen molar-refractivity contribution in [2.45, 2.75) is 17.1 Å². The molecule has 2 N–H and O–H groups in total. The first-order valence-electron chi connectivity index (χ1n) is 12.1. The molecular weight excluding hydrogens is 517 g/mol. The summed E-state index contributed by atoms with van der Waals surface area (Å²) in [7, 11) is -2.12. The second-order valence-electron chi connectivity index (χ2n) is 8.95. The van der Waals surface area contributed by atoms with E-state index in [1.807, 2.05) is 12.3 Å². The van der Waals surface area contributed by atoms with E-state index in [2.05, 4.69) is 32.2 Å². The molecule has 0 saturated heterocycles. The molecule has 1 amide bonds. The number of carbonyl (C=O) groups excluding carboxylic acids is 1. The van der Waals surface area contributed by atoms with Crippen LogP contribution in [-0.2, 0) is 29.1 Å². The molecule has 0 fully saturated rings. The van der Waals surface area contributed by atoms with E-state index in [0.29, 0.717) is 24.2 Å². The lowest BCUT2D eigenvalue weighted by Crippen LogP contribution is -2.26. The minimum atomic E-state index is -3.83. The number of sulfone groups is 1. The Labute approximate surface area is 224 Å². The summed E-state index contributed by atoms with van der Waals surface area (Å²) in [6, 6.07) is 13.4. The van der Waals surface area contributed by atoms with Crippen molar-refractivity contribution in [2.75, 3.05) is 6.54 Å². The third-order valence-electron chi connectivity index (χ3n) is 6.12. The van der Waals surface area contributed by atoms with Gasteiger partial charge in [0.1, 0.15) is 5.82 Å². The maximum atomic E-state index is 13.3. The van der Waals surface area contributed by atoms with Crippen molar-refractivity contribution in [3.05, 3.63) is 113 Å². The fourth-order valence-corrected chi connectivity index (χ4v) is 5.58. The van der Waals surface area contributed by atoms with Crippen molar-refractivity contribution >= 4 is 26.6 Å². The Morgan fingerprint density at radius 3 is 2.69 bits per heavy atom. The molecule has 5 aromatic rings. The van der Waals surface area contributed by atoms with Crippen LogP contribution in [0, 0.1) is 17.7 Å². The number of H-pyrrole nitrogens is 1. The van der Waals surface area contributed by atoms with E-state index in [-0.39, 0.29) is 27.7 Å². The molecule has 0 aliphatic rings. The Morgan fingerprint density at radius 2 is 1.92 bits per heavy atom. The summed E-state index contributed by atoms with van der Waals surface area (Å²) >= 11 is 0. The molecule has 0 unspecified atom stereocenters. The van der Waals surface area contributed by atoms with Crippen LogP contribution in [0.4, 0.5) is 4.39 Å². The summed E-state index contributed by atoms with van der Waals surface area (Å²) in [5, 5.41) is 8.05. The highest BCUT2D eigenvalue weighted by molar-refractivity contribution is 7.90. The smallest absolute Gasteiger partial charge is 0.251 e. The highest BCUT2D eigenvalue weighted by Gasteiger charge is 2.22. The fraction of sp³-hybridized carbons (Fsp3) is 0.138. The molecule has 3 heterocycles. The standard InChI is InChI=1S/C29H24FN5O3S/c1-35-15-12-25(34-35)19-39(37,38)28-9-6-22(16-21(28)5-2-20-3-7-24(30)8-4-20)29(36)32-14-10-23-17-33-27-11-13-31-18-26(23)27/h3-4,6-9,11-13,15-18,33H,10,14,19H2,1H3,(H,32,36). The van der Waals surface area contributed by atoms with Gasteiger partial charge in [-0.3, -0.25) is 14.5 Å². The minimum Gasteiger partial charge on any atom is -0.361 e. The maximum Gasteiger partial charge on any atom is 0.251 e. The van der Waals surface area contributed by atoms with E-state index in [1.54, 1.807) is 31.7 Å². The van der Waals surface area contributed by atoms with Crippen molar-refractivity contribution in [1.29, 1.82) is 0 Å². The van der Waals surface area contributed by atoms with Crippen LogP contribution in [0.1, 0.15) is 32.7 Å². The molecule has 8 nitrogen and oxygen atoms in total. The van der Waals surface area contributed by atoms with Gasteiger partial charge in [-0.05, 0) is 66.6 Å². The number of nitrogens with one attached hydrogen (secondary N) is 2. The molecule has 2 aromatic carbocycles. The lowest BCUT2D eigenvalue weighted by Gasteiger charge is -2.09. The van der Waals surface area contributed by atoms with Crippen molar-refractivity contribution in [3.63, 3.8) is 0 Å². The zero-order valence-electron chi connectivity index (χ0n) is 21.0. The number of hydrogen-bond donors (Lipinski definition) is 2. The van der Waals surface area contributed by atoms with E-state index in [0.717, 1.165) is 16.5 Å². The summed E-state index contributed by atoms with van der Waals surface area (Å²) in [6.07, 6.45) is 7.63. The second kappa shape index (κ2) is 10.9.